The highest BCUT2D eigenvalue weighted by atomic mass is 79.9. The van der Waals surface area contributed by atoms with Crippen molar-refractivity contribution in [2.45, 2.75) is 18.4 Å². The normalized spacial score (nSPS) is 14.5. The molecule has 0 N–H and O–H groups in total. The second kappa shape index (κ2) is 10.9. The Balaban J connectivity index is 1.74. The van der Waals surface area contributed by atoms with Crippen LogP contribution in [0.3, 0.4) is 0 Å². The fourth-order valence-corrected chi connectivity index (χ4v) is 5.03. The van der Waals surface area contributed by atoms with Gasteiger partial charge in [-0.25, -0.2) is 13.2 Å². The first kappa shape index (κ1) is 24.2. The zero-order chi connectivity index (χ0) is 23.1. The summed E-state index contributed by atoms with van der Waals surface area (Å²) in [6.45, 7) is 3.17. The number of hydrogen-bond donors (Lipinski definition) is 0. The molecule has 2 aromatic rings. The van der Waals surface area contributed by atoms with Crippen molar-refractivity contribution in [3.8, 4) is 0 Å². The lowest BCUT2D eigenvalue weighted by Gasteiger charge is -2.35. The summed E-state index contributed by atoms with van der Waals surface area (Å²) in [6, 6.07) is 15.4. The number of piperazine rings is 1. The molecule has 2 aromatic carbocycles. The van der Waals surface area contributed by atoms with Crippen molar-refractivity contribution in [3.05, 3.63) is 64.6 Å². The second-order valence-electron chi connectivity index (χ2n) is 7.28. The number of carbonyl (C=O) groups is 2. The lowest BCUT2D eigenvalue weighted by atomic mass is 10.2. The molecule has 0 spiro atoms. The number of rotatable bonds is 7. The van der Waals surface area contributed by atoms with Gasteiger partial charge in [-0.1, -0.05) is 46.3 Å². The van der Waals surface area contributed by atoms with E-state index in [9.17, 15) is 18.0 Å². The number of carbonyl (C=O) groups excluding carboxylic acids is 2. The highest BCUT2D eigenvalue weighted by Gasteiger charge is 2.31. The minimum absolute atomic E-state index is 0.0685. The van der Waals surface area contributed by atoms with Gasteiger partial charge < -0.3 is 14.5 Å². The van der Waals surface area contributed by atoms with Crippen LogP contribution >= 0.6 is 15.9 Å². The lowest BCUT2D eigenvalue weighted by molar-refractivity contribution is -0.133. The Bertz CT molecular complexity index is 1020. The Labute approximate surface area is 196 Å². The monoisotopic (exact) mass is 523 g/mol. The molecule has 1 aliphatic heterocycles. The summed E-state index contributed by atoms with van der Waals surface area (Å²) in [4.78, 5) is 28.2. The van der Waals surface area contributed by atoms with Gasteiger partial charge in [0.2, 0.25) is 15.9 Å². The van der Waals surface area contributed by atoms with E-state index < -0.39 is 16.1 Å². The SMILES string of the molecule is CCOC(=O)N1CCN(C(=O)CN(Cc2ccc(Br)cc2)S(=O)(=O)c2ccccc2)CC1. The Morgan fingerprint density at radius 2 is 1.56 bits per heavy atom. The first-order valence-electron chi connectivity index (χ1n) is 10.3. The van der Waals surface area contributed by atoms with Crippen LogP contribution in [0.4, 0.5) is 4.79 Å². The molecule has 3 rings (SSSR count). The van der Waals surface area contributed by atoms with E-state index in [4.69, 9.17) is 4.74 Å². The molecule has 32 heavy (non-hydrogen) atoms. The summed E-state index contributed by atoms with van der Waals surface area (Å²) in [5.41, 5.74) is 0.771. The van der Waals surface area contributed by atoms with Crippen molar-refractivity contribution in [1.82, 2.24) is 14.1 Å². The molecule has 1 heterocycles. The molecule has 1 saturated heterocycles. The maximum atomic E-state index is 13.3. The third kappa shape index (κ3) is 6.08. The quantitative estimate of drug-likeness (QED) is 0.556. The van der Waals surface area contributed by atoms with E-state index in [0.717, 1.165) is 10.0 Å². The predicted molar refractivity (Wildman–Crippen MR) is 123 cm³/mol. The van der Waals surface area contributed by atoms with Crippen LogP contribution in [0.25, 0.3) is 0 Å². The first-order valence-corrected chi connectivity index (χ1v) is 12.5. The van der Waals surface area contributed by atoms with E-state index in [-0.39, 0.29) is 23.9 Å². The minimum Gasteiger partial charge on any atom is -0.450 e. The largest absolute Gasteiger partial charge is 0.450 e. The smallest absolute Gasteiger partial charge is 0.409 e. The van der Waals surface area contributed by atoms with Crippen LogP contribution in [0, 0.1) is 0 Å². The molecular formula is C22H26BrN3O5S. The lowest BCUT2D eigenvalue weighted by Crippen LogP contribution is -2.53. The molecule has 0 saturated carbocycles. The Morgan fingerprint density at radius 3 is 2.16 bits per heavy atom. The summed E-state index contributed by atoms with van der Waals surface area (Å²) in [5, 5.41) is 0. The predicted octanol–water partition coefficient (Wildman–Crippen LogP) is 2.94. The van der Waals surface area contributed by atoms with Crippen molar-refractivity contribution in [3.63, 3.8) is 0 Å². The molecule has 0 unspecified atom stereocenters. The van der Waals surface area contributed by atoms with E-state index >= 15 is 0 Å². The standard InChI is InChI=1S/C22H26BrN3O5S/c1-2-31-22(28)25-14-12-24(13-15-25)21(27)17-26(16-18-8-10-19(23)11-9-18)32(29,30)20-6-4-3-5-7-20/h3-11H,2,12-17H2,1H3. The molecule has 10 heteroatoms. The van der Waals surface area contributed by atoms with Gasteiger partial charge in [0.1, 0.15) is 0 Å². The van der Waals surface area contributed by atoms with Crippen LogP contribution in [0.5, 0.6) is 0 Å². The molecule has 172 valence electrons. The first-order chi connectivity index (χ1) is 15.3. The van der Waals surface area contributed by atoms with E-state index in [2.05, 4.69) is 15.9 Å². The zero-order valence-electron chi connectivity index (χ0n) is 17.8. The molecule has 0 radical (unpaired) electrons. The van der Waals surface area contributed by atoms with Gasteiger partial charge in [0.25, 0.3) is 0 Å². The summed E-state index contributed by atoms with van der Waals surface area (Å²) >= 11 is 3.38. The third-order valence-corrected chi connectivity index (χ3v) is 7.46. The van der Waals surface area contributed by atoms with E-state index in [0.29, 0.717) is 32.8 Å². The highest BCUT2D eigenvalue weighted by molar-refractivity contribution is 9.10. The van der Waals surface area contributed by atoms with Gasteiger partial charge in [-0.05, 0) is 36.8 Å². The molecular weight excluding hydrogens is 498 g/mol. The molecule has 8 nitrogen and oxygen atoms in total. The summed E-state index contributed by atoms with van der Waals surface area (Å²) in [5.74, 6) is -0.301. The molecule has 0 bridgehead atoms. The number of nitrogens with zero attached hydrogens (tertiary/aromatic N) is 3. The fourth-order valence-electron chi connectivity index (χ4n) is 3.36. The van der Waals surface area contributed by atoms with Crippen molar-refractivity contribution in [1.29, 1.82) is 0 Å². The van der Waals surface area contributed by atoms with Crippen LogP contribution in [0.1, 0.15) is 12.5 Å². The Hall–Kier alpha value is -2.43. The van der Waals surface area contributed by atoms with E-state index in [1.807, 2.05) is 24.3 Å². The van der Waals surface area contributed by atoms with Crippen molar-refractivity contribution in [2.24, 2.45) is 0 Å². The molecule has 1 aliphatic rings. The Morgan fingerprint density at radius 1 is 0.969 bits per heavy atom. The van der Waals surface area contributed by atoms with Gasteiger partial charge in [-0.15, -0.1) is 0 Å². The maximum Gasteiger partial charge on any atom is 0.409 e. The average molecular weight is 524 g/mol. The van der Waals surface area contributed by atoms with Gasteiger partial charge in [-0.3, -0.25) is 4.79 Å². The van der Waals surface area contributed by atoms with Crippen LogP contribution in [0.15, 0.2) is 64.0 Å². The number of amides is 2. The van der Waals surface area contributed by atoms with Gasteiger partial charge in [0, 0.05) is 37.2 Å². The van der Waals surface area contributed by atoms with E-state index in [1.54, 1.807) is 34.9 Å². The number of ether oxygens (including phenoxy) is 1. The Kier molecular flexibility index (Phi) is 8.27. The second-order valence-corrected chi connectivity index (χ2v) is 10.1. The summed E-state index contributed by atoms with van der Waals surface area (Å²) in [7, 11) is -3.89. The topological polar surface area (TPSA) is 87.2 Å². The summed E-state index contributed by atoms with van der Waals surface area (Å²) in [6.07, 6.45) is -0.400. The van der Waals surface area contributed by atoms with E-state index in [1.165, 1.54) is 16.4 Å². The van der Waals surface area contributed by atoms with Crippen molar-refractivity contribution < 1.29 is 22.7 Å². The minimum atomic E-state index is -3.89. The molecule has 0 aliphatic carbocycles. The van der Waals surface area contributed by atoms with Gasteiger partial charge in [-0.2, -0.15) is 4.31 Å². The number of sulfonamides is 1. The zero-order valence-corrected chi connectivity index (χ0v) is 20.2. The van der Waals surface area contributed by atoms with Gasteiger partial charge in [0.15, 0.2) is 0 Å². The molecule has 2 amide bonds. The third-order valence-electron chi connectivity index (χ3n) is 5.12. The maximum absolute atomic E-state index is 13.3. The molecule has 0 aromatic heterocycles. The molecule has 0 atom stereocenters. The van der Waals surface area contributed by atoms with Crippen molar-refractivity contribution in [2.75, 3.05) is 39.3 Å². The van der Waals surface area contributed by atoms with Gasteiger partial charge in [0.05, 0.1) is 18.0 Å². The van der Waals surface area contributed by atoms with Crippen LogP contribution in [-0.4, -0.2) is 73.9 Å². The summed E-state index contributed by atoms with van der Waals surface area (Å²) < 4.78 is 33.7. The fraction of sp³-hybridized carbons (Fsp3) is 0.364. The van der Waals surface area contributed by atoms with Crippen LogP contribution in [-0.2, 0) is 26.1 Å². The number of benzene rings is 2. The average Bonchev–Trinajstić information content (AvgIpc) is 2.80. The highest BCUT2D eigenvalue weighted by Crippen LogP contribution is 2.20. The number of halogens is 1. The molecule has 1 fully saturated rings. The van der Waals surface area contributed by atoms with Crippen LogP contribution in [0.2, 0.25) is 0 Å². The van der Waals surface area contributed by atoms with Gasteiger partial charge >= 0.3 is 6.09 Å². The van der Waals surface area contributed by atoms with Crippen molar-refractivity contribution >= 4 is 38.0 Å². The van der Waals surface area contributed by atoms with Crippen LogP contribution < -0.4 is 0 Å². The number of hydrogen-bond acceptors (Lipinski definition) is 5.